The molecule has 0 aliphatic carbocycles. The van der Waals surface area contributed by atoms with Gasteiger partial charge in [-0.2, -0.15) is 11.8 Å². The number of nitrogens with one attached hydrogen (secondary N) is 2. The van der Waals surface area contributed by atoms with Gasteiger partial charge in [0.2, 0.25) is 17.7 Å². The Morgan fingerprint density at radius 3 is 2.03 bits per heavy atom. The molecular weight excluding hydrogens is 516 g/mol. The Labute approximate surface area is 226 Å². The first kappa shape index (κ1) is 32.8. The van der Waals surface area contributed by atoms with Crippen molar-refractivity contribution in [2.24, 2.45) is 38.7 Å². The second-order valence-electron chi connectivity index (χ2n) is 8.94. The van der Waals surface area contributed by atoms with E-state index in [-0.39, 0.29) is 44.4 Å². The van der Waals surface area contributed by atoms with E-state index >= 15 is 0 Å². The summed E-state index contributed by atoms with van der Waals surface area (Å²) in [7, 11) is 0. The number of hydrogen-bond acceptors (Lipinski definition) is 8. The van der Waals surface area contributed by atoms with Crippen molar-refractivity contribution in [2.75, 3.05) is 31.6 Å². The van der Waals surface area contributed by atoms with E-state index < -0.39 is 47.9 Å². The van der Waals surface area contributed by atoms with Gasteiger partial charge in [-0.15, -0.1) is 0 Å². The van der Waals surface area contributed by atoms with Crippen LogP contribution in [-0.4, -0.2) is 101 Å². The van der Waals surface area contributed by atoms with Crippen molar-refractivity contribution in [1.29, 1.82) is 0 Å². The molecule has 0 aromatic heterocycles. The average molecular weight is 559 g/mol. The highest BCUT2D eigenvalue weighted by molar-refractivity contribution is 7.98. The predicted octanol–water partition coefficient (Wildman–Crippen LogP) is -2.78. The molecule has 1 saturated heterocycles. The van der Waals surface area contributed by atoms with Gasteiger partial charge in [-0.25, -0.2) is 4.79 Å². The Balaban J connectivity index is 3.06. The SMILES string of the molecule is CSCCC(N)C(=O)NC(CCCN=C(N)N)C(=O)NC(CCCN=C(N)N)C(=O)N1CCCC1C(=O)O. The zero-order valence-corrected chi connectivity index (χ0v) is 22.6. The van der Waals surface area contributed by atoms with Crippen molar-refractivity contribution in [1.82, 2.24) is 15.5 Å². The van der Waals surface area contributed by atoms with Gasteiger partial charge in [0, 0.05) is 19.6 Å². The number of amides is 3. The Morgan fingerprint density at radius 2 is 1.50 bits per heavy atom. The fourth-order valence-corrected chi connectivity index (χ4v) is 4.44. The lowest BCUT2D eigenvalue weighted by Gasteiger charge is -2.29. The number of likely N-dealkylation sites (tertiary alicyclic amines) is 1. The summed E-state index contributed by atoms with van der Waals surface area (Å²) in [5, 5.41) is 14.9. The predicted molar refractivity (Wildman–Crippen MR) is 147 cm³/mol. The van der Waals surface area contributed by atoms with Gasteiger partial charge in [0.1, 0.15) is 18.1 Å². The molecule has 1 rings (SSSR count). The number of guanidine groups is 2. The van der Waals surface area contributed by atoms with Gasteiger partial charge in [-0.3, -0.25) is 24.4 Å². The summed E-state index contributed by atoms with van der Waals surface area (Å²) < 4.78 is 0. The summed E-state index contributed by atoms with van der Waals surface area (Å²) in [5.74, 6) is -2.26. The number of nitrogens with two attached hydrogens (primary N) is 5. The van der Waals surface area contributed by atoms with E-state index in [1.54, 1.807) is 11.8 Å². The smallest absolute Gasteiger partial charge is 0.326 e. The molecule has 13 N–H and O–H groups in total. The van der Waals surface area contributed by atoms with Gasteiger partial charge in [0.25, 0.3) is 0 Å². The molecular formula is C22H42N10O5S. The van der Waals surface area contributed by atoms with Crippen molar-refractivity contribution in [3.05, 3.63) is 0 Å². The molecule has 0 spiro atoms. The quantitative estimate of drug-likeness (QED) is 0.0513. The standard InChI is InChI=1S/C22H42N10O5S/c1-38-12-8-13(23)17(33)30-14(5-2-9-28-21(24)25)18(34)31-15(6-3-10-29-22(26)27)19(35)32-11-4-7-16(32)20(36)37/h13-16H,2-12,23H2,1H3,(H,30,33)(H,31,34)(H,36,37)(H4,24,25,28)(H4,26,27,29). The molecule has 1 aliphatic heterocycles. The van der Waals surface area contributed by atoms with E-state index in [0.29, 0.717) is 37.9 Å². The van der Waals surface area contributed by atoms with Crippen molar-refractivity contribution >= 4 is 47.4 Å². The maximum absolute atomic E-state index is 13.3. The molecule has 1 heterocycles. The molecule has 38 heavy (non-hydrogen) atoms. The number of aliphatic imine (C=N–C) groups is 2. The summed E-state index contributed by atoms with van der Waals surface area (Å²) in [6, 6.07) is -3.84. The second kappa shape index (κ2) is 17.3. The molecule has 0 radical (unpaired) electrons. The number of carboxylic acids is 1. The molecule has 0 aromatic rings. The van der Waals surface area contributed by atoms with Crippen molar-refractivity contribution in [2.45, 2.75) is 69.1 Å². The van der Waals surface area contributed by atoms with Crippen LogP contribution in [0, 0.1) is 0 Å². The Hall–Kier alpha value is -3.27. The van der Waals surface area contributed by atoms with Crippen LogP contribution in [0.4, 0.5) is 0 Å². The van der Waals surface area contributed by atoms with Gasteiger partial charge in [-0.05, 0) is 57.0 Å². The third kappa shape index (κ3) is 11.9. The summed E-state index contributed by atoms with van der Waals surface area (Å²) in [5.41, 5.74) is 27.4. The first-order valence-electron chi connectivity index (χ1n) is 12.5. The highest BCUT2D eigenvalue weighted by atomic mass is 32.2. The van der Waals surface area contributed by atoms with Crippen LogP contribution in [0.2, 0.25) is 0 Å². The summed E-state index contributed by atoms with van der Waals surface area (Å²) in [6.45, 7) is 0.710. The van der Waals surface area contributed by atoms with Gasteiger partial charge in [0.05, 0.1) is 6.04 Å². The molecule has 0 saturated carbocycles. The minimum absolute atomic E-state index is 0.0980. The van der Waals surface area contributed by atoms with Crippen LogP contribution in [0.1, 0.15) is 44.9 Å². The number of carboxylic acid groups (broad SMARTS) is 1. The van der Waals surface area contributed by atoms with Crippen molar-refractivity contribution in [3.8, 4) is 0 Å². The van der Waals surface area contributed by atoms with Gasteiger partial charge >= 0.3 is 5.97 Å². The Kier molecular flexibility index (Phi) is 14.9. The first-order chi connectivity index (χ1) is 18.0. The van der Waals surface area contributed by atoms with E-state index in [1.807, 2.05) is 6.26 Å². The van der Waals surface area contributed by atoms with Gasteiger partial charge in [0.15, 0.2) is 11.9 Å². The highest BCUT2D eigenvalue weighted by Gasteiger charge is 2.38. The van der Waals surface area contributed by atoms with E-state index in [9.17, 15) is 24.3 Å². The fourth-order valence-electron chi connectivity index (χ4n) is 3.95. The molecule has 0 aromatic carbocycles. The van der Waals surface area contributed by atoms with E-state index in [0.717, 1.165) is 0 Å². The average Bonchev–Trinajstić information content (AvgIpc) is 3.35. The number of nitrogens with zero attached hydrogens (tertiary/aromatic N) is 3. The van der Waals surface area contributed by atoms with E-state index in [2.05, 4.69) is 20.6 Å². The second-order valence-corrected chi connectivity index (χ2v) is 9.92. The minimum Gasteiger partial charge on any atom is -0.480 e. The Morgan fingerprint density at radius 1 is 0.947 bits per heavy atom. The molecule has 1 fully saturated rings. The molecule has 1 aliphatic rings. The van der Waals surface area contributed by atoms with E-state index in [1.165, 1.54) is 4.90 Å². The van der Waals surface area contributed by atoms with Crippen LogP contribution in [0.5, 0.6) is 0 Å². The first-order valence-corrected chi connectivity index (χ1v) is 13.9. The number of carbonyl (C=O) groups is 4. The lowest BCUT2D eigenvalue weighted by molar-refractivity contribution is -0.149. The number of aliphatic carboxylic acids is 1. The van der Waals surface area contributed by atoms with Crippen molar-refractivity contribution < 1.29 is 24.3 Å². The molecule has 16 heteroatoms. The number of rotatable bonds is 17. The summed E-state index contributed by atoms with van der Waals surface area (Å²) in [6.07, 6.45) is 4.23. The van der Waals surface area contributed by atoms with Crippen molar-refractivity contribution in [3.63, 3.8) is 0 Å². The van der Waals surface area contributed by atoms with E-state index in [4.69, 9.17) is 28.7 Å². The third-order valence-electron chi connectivity index (χ3n) is 5.93. The third-order valence-corrected chi connectivity index (χ3v) is 6.57. The molecule has 216 valence electrons. The molecule has 4 unspecified atom stereocenters. The number of thioether (sulfide) groups is 1. The Bertz CT molecular complexity index is 863. The lowest BCUT2D eigenvalue weighted by atomic mass is 10.1. The molecule has 15 nitrogen and oxygen atoms in total. The highest BCUT2D eigenvalue weighted by Crippen LogP contribution is 2.20. The normalized spacial score (nSPS) is 17.1. The van der Waals surface area contributed by atoms with Crippen LogP contribution in [0.15, 0.2) is 9.98 Å². The lowest BCUT2D eigenvalue weighted by Crippen LogP contribution is -2.57. The van der Waals surface area contributed by atoms with Crippen LogP contribution in [0.25, 0.3) is 0 Å². The molecule has 0 bridgehead atoms. The largest absolute Gasteiger partial charge is 0.480 e. The monoisotopic (exact) mass is 558 g/mol. The molecule has 4 atom stereocenters. The maximum Gasteiger partial charge on any atom is 0.326 e. The zero-order chi connectivity index (χ0) is 28.7. The van der Waals surface area contributed by atoms with Crippen LogP contribution >= 0.6 is 11.8 Å². The fraction of sp³-hybridized carbons (Fsp3) is 0.727. The zero-order valence-electron chi connectivity index (χ0n) is 21.8. The summed E-state index contributed by atoms with van der Waals surface area (Å²) in [4.78, 5) is 60.0. The minimum atomic E-state index is -1.11. The van der Waals surface area contributed by atoms with Gasteiger partial charge in [-0.1, -0.05) is 0 Å². The number of carbonyl (C=O) groups excluding carboxylic acids is 3. The maximum atomic E-state index is 13.3. The van der Waals surface area contributed by atoms with Crippen LogP contribution in [-0.2, 0) is 19.2 Å². The summed E-state index contributed by atoms with van der Waals surface area (Å²) >= 11 is 1.54. The topological polar surface area (TPSA) is 271 Å². The number of hydrogen-bond donors (Lipinski definition) is 8. The van der Waals surface area contributed by atoms with Crippen LogP contribution < -0.4 is 39.3 Å². The van der Waals surface area contributed by atoms with Crippen LogP contribution in [0.3, 0.4) is 0 Å². The van der Waals surface area contributed by atoms with Gasteiger partial charge < -0.3 is 49.3 Å². The molecule has 3 amide bonds.